The van der Waals surface area contributed by atoms with E-state index in [1.807, 2.05) is 36.4 Å². The van der Waals surface area contributed by atoms with Crippen molar-refractivity contribution in [2.24, 2.45) is 0 Å². The number of benzene rings is 2. The predicted molar refractivity (Wildman–Crippen MR) is 85.9 cm³/mol. The predicted octanol–water partition coefficient (Wildman–Crippen LogP) is 1.94. The van der Waals surface area contributed by atoms with E-state index in [0.717, 1.165) is 42.7 Å². The van der Waals surface area contributed by atoms with E-state index >= 15 is 0 Å². The van der Waals surface area contributed by atoms with Crippen molar-refractivity contribution in [2.45, 2.75) is 25.6 Å². The molecule has 0 radical (unpaired) electrons. The first-order chi connectivity index (χ1) is 10.7. The lowest BCUT2D eigenvalue weighted by Crippen LogP contribution is -2.29. The van der Waals surface area contributed by atoms with E-state index in [-0.39, 0.29) is 6.29 Å². The van der Waals surface area contributed by atoms with Crippen molar-refractivity contribution in [1.29, 1.82) is 0 Å². The highest BCUT2D eigenvalue weighted by Gasteiger charge is 2.15. The maximum atomic E-state index is 9.10. The molecular weight excluding hydrogens is 279 g/mol. The molecule has 0 aromatic heterocycles. The Morgan fingerprint density at radius 2 is 1.55 bits per heavy atom. The van der Waals surface area contributed by atoms with E-state index in [2.05, 4.69) is 0 Å². The van der Waals surface area contributed by atoms with E-state index < -0.39 is 7.12 Å². The van der Waals surface area contributed by atoms with Crippen molar-refractivity contribution in [3.8, 4) is 16.9 Å². The Hall–Kier alpha value is -1.82. The fraction of sp³-hybridized carbons (Fsp3) is 0.294. The lowest BCUT2D eigenvalue weighted by molar-refractivity contribution is -0.105. The molecule has 1 fully saturated rings. The van der Waals surface area contributed by atoms with Gasteiger partial charge in [-0.3, -0.25) is 0 Å². The Morgan fingerprint density at radius 3 is 2.09 bits per heavy atom. The van der Waals surface area contributed by atoms with Crippen molar-refractivity contribution in [3.05, 3.63) is 48.5 Å². The lowest BCUT2D eigenvalue weighted by Gasteiger charge is -2.23. The monoisotopic (exact) mass is 298 g/mol. The minimum atomic E-state index is -1.43. The summed E-state index contributed by atoms with van der Waals surface area (Å²) in [5, 5.41) is 18.2. The molecule has 22 heavy (non-hydrogen) atoms. The number of hydrogen-bond acceptors (Lipinski definition) is 4. The van der Waals surface area contributed by atoms with Gasteiger partial charge < -0.3 is 19.5 Å². The fourth-order valence-electron chi connectivity index (χ4n) is 2.53. The highest BCUT2D eigenvalue weighted by Crippen LogP contribution is 2.24. The van der Waals surface area contributed by atoms with Crippen LogP contribution < -0.4 is 10.2 Å². The van der Waals surface area contributed by atoms with Crippen LogP contribution in [0.1, 0.15) is 19.3 Å². The first-order valence-electron chi connectivity index (χ1n) is 7.57. The molecule has 0 amide bonds. The van der Waals surface area contributed by atoms with E-state index in [4.69, 9.17) is 19.5 Å². The zero-order valence-corrected chi connectivity index (χ0v) is 12.3. The third kappa shape index (κ3) is 3.68. The molecule has 0 spiro atoms. The van der Waals surface area contributed by atoms with Gasteiger partial charge >= 0.3 is 7.12 Å². The summed E-state index contributed by atoms with van der Waals surface area (Å²) in [4.78, 5) is 0. The summed E-state index contributed by atoms with van der Waals surface area (Å²) in [6.07, 6.45) is 3.06. The third-order valence-corrected chi connectivity index (χ3v) is 3.80. The molecule has 1 aliphatic heterocycles. The van der Waals surface area contributed by atoms with Crippen LogP contribution in [0.4, 0.5) is 0 Å². The van der Waals surface area contributed by atoms with Crippen molar-refractivity contribution in [3.63, 3.8) is 0 Å². The zero-order chi connectivity index (χ0) is 15.4. The molecule has 1 atom stereocenters. The van der Waals surface area contributed by atoms with Gasteiger partial charge in [-0.05, 0) is 41.6 Å². The lowest BCUT2D eigenvalue weighted by atomic mass is 9.80. The Labute approximate surface area is 130 Å². The maximum Gasteiger partial charge on any atom is 0.488 e. The number of hydrogen-bond donors (Lipinski definition) is 2. The average Bonchev–Trinajstić information content (AvgIpc) is 2.57. The van der Waals surface area contributed by atoms with Crippen LogP contribution in [0.15, 0.2) is 48.5 Å². The van der Waals surface area contributed by atoms with Gasteiger partial charge in [-0.25, -0.2) is 0 Å². The quantitative estimate of drug-likeness (QED) is 0.847. The molecule has 1 saturated heterocycles. The van der Waals surface area contributed by atoms with Crippen LogP contribution in [0.25, 0.3) is 11.1 Å². The van der Waals surface area contributed by atoms with Gasteiger partial charge in [0, 0.05) is 6.42 Å². The fourth-order valence-corrected chi connectivity index (χ4v) is 2.53. The molecule has 1 heterocycles. The third-order valence-electron chi connectivity index (χ3n) is 3.80. The van der Waals surface area contributed by atoms with Crippen molar-refractivity contribution in [1.82, 2.24) is 0 Å². The van der Waals surface area contributed by atoms with Gasteiger partial charge in [-0.15, -0.1) is 0 Å². The average molecular weight is 298 g/mol. The van der Waals surface area contributed by atoms with Gasteiger partial charge in [0.2, 0.25) is 0 Å². The first kappa shape index (κ1) is 15.1. The summed E-state index contributed by atoms with van der Waals surface area (Å²) in [7, 11) is -1.43. The van der Waals surface area contributed by atoms with E-state index in [1.165, 1.54) is 0 Å². The summed E-state index contributed by atoms with van der Waals surface area (Å²) in [5.74, 6) is 0.804. The molecule has 2 N–H and O–H groups in total. The molecule has 2 aromatic carbocycles. The minimum Gasteiger partial charge on any atom is -0.465 e. The Balaban J connectivity index is 1.67. The van der Waals surface area contributed by atoms with Crippen molar-refractivity contribution < 1.29 is 19.5 Å². The minimum absolute atomic E-state index is 0.134. The molecule has 3 rings (SSSR count). The van der Waals surface area contributed by atoms with Crippen LogP contribution in [0.3, 0.4) is 0 Å². The number of ether oxygens (including phenoxy) is 2. The molecule has 2 aromatic rings. The van der Waals surface area contributed by atoms with Crippen molar-refractivity contribution >= 4 is 12.6 Å². The summed E-state index contributed by atoms with van der Waals surface area (Å²) in [6.45, 7) is 0.770. The molecule has 114 valence electrons. The second-order valence-corrected chi connectivity index (χ2v) is 5.43. The summed E-state index contributed by atoms with van der Waals surface area (Å²) >= 11 is 0. The van der Waals surface area contributed by atoms with Crippen LogP contribution in [0.2, 0.25) is 0 Å². The Morgan fingerprint density at radius 1 is 0.909 bits per heavy atom. The molecule has 1 unspecified atom stereocenters. The van der Waals surface area contributed by atoms with Crippen LogP contribution in [0.5, 0.6) is 5.75 Å². The smallest absolute Gasteiger partial charge is 0.465 e. The van der Waals surface area contributed by atoms with Gasteiger partial charge in [0.25, 0.3) is 0 Å². The molecule has 5 heteroatoms. The highest BCUT2D eigenvalue weighted by atomic mass is 16.7. The largest absolute Gasteiger partial charge is 0.488 e. The molecule has 0 bridgehead atoms. The summed E-state index contributed by atoms with van der Waals surface area (Å²) in [6, 6.07) is 15.0. The van der Waals surface area contributed by atoms with Gasteiger partial charge in [0.05, 0.1) is 6.61 Å². The molecule has 4 nitrogen and oxygen atoms in total. The second kappa shape index (κ2) is 6.96. The zero-order valence-electron chi connectivity index (χ0n) is 12.3. The van der Waals surface area contributed by atoms with Crippen LogP contribution in [-0.2, 0) is 4.74 Å². The van der Waals surface area contributed by atoms with Gasteiger partial charge in [0.15, 0.2) is 6.29 Å². The highest BCUT2D eigenvalue weighted by molar-refractivity contribution is 6.58. The summed E-state index contributed by atoms with van der Waals surface area (Å²) < 4.78 is 11.4. The second-order valence-electron chi connectivity index (χ2n) is 5.43. The van der Waals surface area contributed by atoms with Crippen LogP contribution in [0, 0.1) is 0 Å². The van der Waals surface area contributed by atoms with E-state index in [1.54, 1.807) is 12.1 Å². The standard InChI is InChI=1S/C17H19BO4/c19-18(20)15-8-4-13(5-9-15)14-6-10-16(11-7-14)22-17-3-1-2-12-21-17/h4-11,17,19-20H,1-3,12H2. The molecule has 0 saturated carbocycles. The van der Waals surface area contributed by atoms with Gasteiger partial charge in [-0.2, -0.15) is 0 Å². The number of rotatable bonds is 4. The van der Waals surface area contributed by atoms with Gasteiger partial charge in [0.1, 0.15) is 5.75 Å². The topological polar surface area (TPSA) is 58.9 Å². The Kier molecular flexibility index (Phi) is 4.78. The molecule has 0 aliphatic carbocycles. The van der Waals surface area contributed by atoms with Crippen molar-refractivity contribution in [2.75, 3.05) is 6.61 Å². The molecule has 1 aliphatic rings. The van der Waals surface area contributed by atoms with E-state index in [9.17, 15) is 0 Å². The van der Waals surface area contributed by atoms with Crippen LogP contribution >= 0.6 is 0 Å². The Bertz CT molecular complexity index is 589. The van der Waals surface area contributed by atoms with E-state index in [0.29, 0.717) is 5.46 Å². The van der Waals surface area contributed by atoms with Gasteiger partial charge in [-0.1, -0.05) is 36.4 Å². The maximum absolute atomic E-state index is 9.10. The first-order valence-corrected chi connectivity index (χ1v) is 7.57. The normalized spacial score (nSPS) is 18.0. The summed E-state index contributed by atoms with van der Waals surface area (Å²) in [5.41, 5.74) is 2.55. The molecular formula is C17H19BO4. The SMILES string of the molecule is OB(O)c1ccc(-c2ccc(OC3CCCCO3)cc2)cc1. The van der Waals surface area contributed by atoms with Crippen LogP contribution in [-0.4, -0.2) is 30.1 Å².